The molecule has 0 saturated carbocycles. The van der Waals surface area contributed by atoms with E-state index in [0.29, 0.717) is 13.2 Å². The standard InChI is InChI=1S/C22H33N5O2/c1-4-23-22(24-10-5-6-18-13-26-27(3)15-18)25-14-19-8-7-17(2)12-21(19)29-20-9-11-28-16-20/h7-8,12-13,15,20H,4-6,9-11,14,16H2,1-3H3,(H2,23,24,25). The van der Waals surface area contributed by atoms with E-state index in [2.05, 4.69) is 54.0 Å². The molecule has 29 heavy (non-hydrogen) atoms. The van der Waals surface area contributed by atoms with E-state index >= 15 is 0 Å². The Balaban J connectivity index is 1.55. The van der Waals surface area contributed by atoms with Gasteiger partial charge >= 0.3 is 0 Å². The van der Waals surface area contributed by atoms with Crippen molar-refractivity contribution < 1.29 is 9.47 Å². The van der Waals surface area contributed by atoms with Gasteiger partial charge in [-0.05, 0) is 43.9 Å². The van der Waals surface area contributed by atoms with Crippen LogP contribution in [0.3, 0.4) is 0 Å². The summed E-state index contributed by atoms with van der Waals surface area (Å²) in [6.45, 7) is 7.85. The molecule has 1 aliphatic heterocycles. The molecule has 0 spiro atoms. The van der Waals surface area contributed by atoms with Crippen molar-refractivity contribution in [1.82, 2.24) is 20.4 Å². The van der Waals surface area contributed by atoms with E-state index in [1.807, 2.05) is 17.9 Å². The van der Waals surface area contributed by atoms with E-state index in [-0.39, 0.29) is 6.10 Å². The highest BCUT2D eigenvalue weighted by Crippen LogP contribution is 2.24. The van der Waals surface area contributed by atoms with Crippen molar-refractivity contribution >= 4 is 5.96 Å². The second-order valence-electron chi connectivity index (χ2n) is 7.46. The van der Waals surface area contributed by atoms with Gasteiger partial charge in [-0.25, -0.2) is 4.99 Å². The summed E-state index contributed by atoms with van der Waals surface area (Å²) < 4.78 is 13.5. The van der Waals surface area contributed by atoms with Gasteiger partial charge in [0.15, 0.2) is 5.96 Å². The predicted octanol–water partition coefficient (Wildman–Crippen LogP) is 2.58. The lowest BCUT2D eigenvalue weighted by Gasteiger charge is -2.16. The van der Waals surface area contributed by atoms with Crippen LogP contribution >= 0.6 is 0 Å². The number of ether oxygens (including phenoxy) is 2. The van der Waals surface area contributed by atoms with E-state index in [1.165, 1.54) is 11.1 Å². The molecule has 7 heteroatoms. The zero-order valence-electron chi connectivity index (χ0n) is 17.8. The van der Waals surface area contributed by atoms with Gasteiger partial charge in [-0.2, -0.15) is 5.10 Å². The molecule has 1 atom stereocenters. The largest absolute Gasteiger partial charge is 0.488 e. The van der Waals surface area contributed by atoms with Gasteiger partial charge in [0.05, 0.1) is 26.0 Å². The number of aryl methyl sites for hydroxylation is 3. The van der Waals surface area contributed by atoms with Crippen molar-refractivity contribution in [2.45, 2.75) is 45.8 Å². The molecule has 1 unspecified atom stereocenters. The normalized spacial score (nSPS) is 16.8. The molecule has 3 rings (SSSR count). The number of nitrogens with one attached hydrogen (secondary N) is 2. The Labute approximate surface area is 173 Å². The molecule has 0 bridgehead atoms. The Hall–Kier alpha value is -2.54. The number of aliphatic imine (C=N–C) groups is 1. The van der Waals surface area contributed by atoms with Gasteiger partial charge in [0.2, 0.25) is 0 Å². The lowest BCUT2D eigenvalue weighted by molar-refractivity contribution is 0.140. The molecular weight excluding hydrogens is 366 g/mol. The molecule has 1 aromatic heterocycles. The van der Waals surface area contributed by atoms with Crippen LogP contribution in [-0.2, 0) is 24.8 Å². The van der Waals surface area contributed by atoms with E-state index < -0.39 is 0 Å². The third-order valence-electron chi connectivity index (χ3n) is 4.85. The lowest BCUT2D eigenvalue weighted by atomic mass is 10.1. The van der Waals surface area contributed by atoms with E-state index in [9.17, 15) is 0 Å². The van der Waals surface area contributed by atoms with Gasteiger partial charge in [-0.3, -0.25) is 4.68 Å². The summed E-state index contributed by atoms with van der Waals surface area (Å²) in [6.07, 6.45) is 7.09. The third-order valence-corrected chi connectivity index (χ3v) is 4.85. The zero-order valence-corrected chi connectivity index (χ0v) is 17.8. The van der Waals surface area contributed by atoms with E-state index in [4.69, 9.17) is 14.5 Å². The average Bonchev–Trinajstić information content (AvgIpc) is 3.36. The van der Waals surface area contributed by atoms with Crippen LogP contribution in [0.15, 0.2) is 35.6 Å². The first-order valence-corrected chi connectivity index (χ1v) is 10.5. The predicted molar refractivity (Wildman–Crippen MR) is 115 cm³/mol. The Morgan fingerprint density at radius 1 is 1.38 bits per heavy atom. The quantitative estimate of drug-likeness (QED) is 0.385. The molecule has 0 radical (unpaired) electrons. The summed E-state index contributed by atoms with van der Waals surface area (Å²) in [4.78, 5) is 4.76. The SMILES string of the molecule is CCNC(=NCc1ccc(C)cc1OC1CCOC1)NCCCc1cnn(C)c1. The molecule has 0 aliphatic carbocycles. The van der Waals surface area contributed by atoms with Crippen molar-refractivity contribution in [2.75, 3.05) is 26.3 Å². The number of hydrogen-bond acceptors (Lipinski definition) is 4. The van der Waals surface area contributed by atoms with Gasteiger partial charge in [0, 0.05) is 38.3 Å². The first kappa shape index (κ1) is 21.2. The summed E-state index contributed by atoms with van der Waals surface area (Å²) in [5.74, 6) is 1.74. The van der Waals surface area contributed by atoms with Gasteiger partial charge in [-0.1, -0.05) is 12.1 Å². The van der Waals surface area contributed by atoms with Crippen LogP contribution in [0.25, 0.3) is 0 Å². The van der Waals surface area contributed by atoms with Crippen molar-refractivity contribution in [3.05, 3.63) is 47.3 Å². The van der Waals surface area contributed by atoms with Crippen molar-refractivity contribution in [2.24, 2.45) is 12.0 Å². The number of nitrogens with zero attached hydrogens (tertiary/aromatic N) is 3. The van der Waals surface area contributed by atoms with Crippen molar-refractivity contribution in [3.8, 4) is 5.75 Å². The number of benzene rings is 1. The maximum atomic E-state index is 6.19. The van der Waals surface area contributed by atoms with Crippen LogP contribution in [0.4, 0.5) is 0 Å². The maximum absolute atomic E-state index is 6.19. The molecule has 2 N–H and O–H groups in total. The Kier molecular flexibility index (Phi) is 7.93. The summed E-state index contributed by atoms with van der Waals surface area (Å²) in [5, 5.41) is 11.0. The molecule has 0 amide bonds. The molecule has 1 fully saturated rings. The van der Waals surface area contributed by atoms with Crippen molar-refractivity contribution in [3.63, 3.8) is 0 Å². The van der Waals surface area contributed by atoms with Gasteiger partial charge in [0.1, 0.15) is 11.9 Å². The minimum absolute atomic E-state index is 0.137. The minimum atomic E-state index is 0.137. The molecule has 2 aromatic rings. The highest BCUT2D eigenvalue weighted by molar-refractivity contribution is 5.79. The number of aromatic nitrogens is 2. The molecule has 1 saturated heterocycles. The fourth-order valence-corrected chi connectivity index (χ4v) is 3.29. The van der Waals surface area contributed by atoms with Crippen LogP contribution < -0.4 is 15.4 Å². The monoisotopic (exact) mass is 399 g/mol. The Bertz CT molecular complexity index is 796. The van der Waals surface area contributed by atoms with Gasteiger partial charge in [-0.15, -0.1) is 0 Å². The summed E-state index contributed by atoms with van der Waals surface area (Å²) >= 11 is 0. The molecule has 2 heterocycles. The van der Waals surface area contributed by atoms with Crippen LogP contribution in [0.1, 0.15) is 36.5 Å². The van der Waals surface area contributed by atoms with Gasteiger partial charge < -0.3 is 20.1 Å². The topological polar surface area (TPSA) is 72.7 Å². The Morgan fingerprint density at radius 2 is 2.28 bits per heavy atom. The zero-order chi connectivity index (χ0) is 20.5. The van der Waals surface area contributed by atoms with E-state index in [1.54, 1.807) is 0 Å². The highest BCUT2D eigenvalue weighted by atomic mass is 16.5. The third kappa shape index (κ3) is 6.78. The molecule has 1 aromatic carbocycles. The van der Waals surface area contributed by atoms with Crippen LogP contribution in [0.5, 0.6) is 5.75 Å². The smallest absolute Gasteiger partial charge is 0.191 e. The Morgan fingerprint density at radius 3 is 3.00 bits per heavy atom. The maximum Gasteiger partial charge on any atom is 0.191 e. The van der Waals surface area contributed by atoms with Gasteiger partial charge in [0.25, 0.3) is 0 Å². The minimum Gasteiger partial charge on any atom is -0.488 e. The first-order chi connectivity index (χ1) is 14.1. The molecule has 7 nitrogen and oxygen atoms in total. The molecular formula is C22H33N5O2. The van der Waals surface area contributed by atoms with E-state index in [0.717, 1.165) is 56.2 Å². The second-order valence-corrected chi connectivity index (χ2v) is 7.46. The van der Waals surface area contributed by atoms with Crippen LogP contribution in [-0.4, -0.2) is 48.1 Å². The highest BCUT2D eigenvalue weighted by Gasteiger charge is 2.18. The second kappa shape index (κ2) is 10.9. The summed E-state index contributed by atoms with van der Waals surface area (Å²) in [6, 6.07) is 6.31. The van der Waals surface area contributed by atoms with Crippen LogP contribution in [0, 0.1) is 6.92 Å². The lowest BCUT2D eigenvalue weighted by Crippen LogP contribution is -2.37. The first-order valence-electron chi connectivity index (χ1n) is 10.5. The fourth-order valence-electron chi connectivity index (χ4n) is 3.29. The summed E-state index contributed by atoms with van der Waals surface area (Å²) in [7, 11) is 1.94. The number of guanidine groups is 1. The van der Waals surface area contributed by atoms with Crippen LogP contribution in [0.2, 0.25) is 0 Å². The molecule has 158 valence electrons. The average molecular weight is 400 g/mol. The summed E-state index contributed by atoms with van der Waals surface area (Å²) in [5.41, 5.74) is 3.54. The fraction of sp³-hybridized carbons (Fsp3) is 0.545. The number of rotatable bonds is 9. The molecule has 1 aliphatic rings. The number of hydrogen-bond donors (Lipinski definition) is 2. The van der Waals surface area contributed by atoms with Crippen molar-refractivity contribution in [1.29, 1.82) is 0 Å².